The van der Waals surface area contributed by atoms with Gasteiger partial charge in [0.15, 0.2) is 0 Å². The Balaban J connectivity index is 1.54. The Morgan fingerprint density at radius 3 is 2.24 bits per heavy atom. The van der Waals surface area contributed by atoms with E-state index in [2.05, 4.69) is 10.6 Å². The van der Waals surface area contributed by atoms with Crippen molar-refractivity contribution in [3.63, 3.8) is 0 Å². The van der Waals surface area contributed by atoms with Gasteiger partial charge in [-0.3, -0.25) is 14.5 Å². The summed E-state index contributed by atoms with van der Waals surface area (Å²) >= 11 is 0. The molecule has 0 saturated carbocycles. The van der Waals surface area contributed by atoms with Crippen LogP contribution in [0.1, 0.15) is 20.7 Å². The first-order chi connectivity index (χ1) is 12.0. The van der Waals surface area contributed by atoms with Gasteiger partial charge in [-0.1, -0.05) is 12.1 Å². The average molecular weight is 345 g/mol. The van der Waals surface area contributed by atoms with Crippen molar-refractivity contribution in [1.29, 1.82) is 0 Å². The normalized spacial score (nSPS) is 13.0. The summed E-state index contributed by atoms with van der Waals surface area (Å²) in [5, 5.41) is 4.63. The Kier molecular flexibility index (Phi) is 4.42. The van der Waals surface area contributed by atoms with Gasteiger partial charge in [0.25, 0.3) is 11.8 Å². The van der Waals surface area contributed by atoms with E-state index < -0.39 is 29.5 Å². The molecule has 2 aromatic rings. The van der Waals surface area contributed by atoms with Gasteiger partial charge in [-0.25, -0.2) is 13.6 Å². The van der Waals surface area contributed by atoms with Gasteiger partial charge >= 0.3 is 6.03 Å². The van der Waals surface area contributed by atoms with Crippen molar-refractivity contribution in [3.05, 3.63) is 65.2 Å². The summed E-state index contributed by atoms with van der Waals surface area (Å²) < 4.78 is 26.3. The number of amides is 4. The highest BCUT2D eigenvalue weighted by Gasteiger charge is 2.34. The third kappa shape index (κ3) is 3.32. The van der Waals surface area contributed by atoms with Crippen LogP contribution < -0.4 is 10.6 Å². The molecule has 0 atom stereocenters. The third-order valence-electron chi connectivity index (χ3n) is 3.68. The largest absolute Gasteiger partial charge is 0.336 e. The molecule has 0 unspecified atom stereocenters. The SMILES string of the molecule is O=C(NCCN1C(=O)c2ccccc2C1=O)Nc1ccc(F)cc1F. The van der Waals surface area contributed by atoms with E-state index in [1.165, 1.54) is 0 Å². The molecule has 4 amide bonds. The van der Waals surface area contributed by atoms with E-state index in [1.807, 2.05) is 0 Å². The molecule has 0 aliphatic carbocycles. The van der Waals surface area contributed by atoms with Crippen LogP contribution in [0.2, 0.25) is 0 Å². The van der Waals surface area contributed by atoms with Crippen LogP contribution in [0.25, 0.3) is 0 Å². The smallest absolute Gasteiger partial charge is 0.319 e. The first-order valence-electron chi connectivity index (χ1n) is 7.42. The summed E-state index contributed by atoms with van der Waals surface area (Å²) in [6.07, 6.45) is 0. The van der Waals surface area contributed by atoms with Crippen molar-refractivity contribution in [3.8, 4) is 0 Å². The van der Waals surface area contributed by atoms with E-state index in [1.54, 1.807) is 24.3 Å². The lowest BCUT2D eigenvalue weighted by Gasteiger charge is -2.14. The predicted octanol–water partition coefficient (Wildman–Crippen LogP) is 2.38. The number of benzene rings is 2. The molecule has 6 nitrogen and oxygen atoms in total. The quantitative estimate of drug-likeness (QED) is 0.835. The van der Waals surface area contributed by atoms with E-state index in [9.17, 15) is 23.2 Å². The molecule has 128 valence electrons. The summed E-state index contributed by atoms with van der Waals surface area (Å²) in [5.41, 5.74) is 0.468. The lowest BCUT2D eigenvalue weighted by molar-refractivity contribution is 0.0656. The lowest BCUT2D eigenvalue weighted by atomic mass is 10.1. The van der Waals surface area contributed by atoms with Crippen LogP contribution >= 0.6 is 0 Å². The number of nitrogens with one attached hydrogen (secondary N) is 2. The Bertz CT molecular complexity index is 835. The molecule has 2 N–H and O–H groups in total. The number of carbonyl (C=O) groups is 3. The Morgan fingerprint density at radius 1 is 1.00 bits per heavy atom. The van der Waals surface area contributed by atoms with Crippen LogP contribution in [0.3, 0.4) is 0 Å². The zero-order valence-corrected chi connectivity index (χ0v) is 12.9. The summed E-state index contributed by atoms with van der Waals surface area (Å²) in [4.78, 5) is 37.0. The van der Waals surface area contributed by atoms with Crippen LogP contribution in [0.15, 0.2) is 42.5 Å². The van der Waals surface area contributed by atoms with Crippen molar-refractivity contribution in [2.24, 2.45) is 0 Å². The van der Waals surface area contributed by atoms with Gasteiger partial charge in [0.2, 0.25) is 0 Å². The first kappa shape index (κ1) is 16.6. The summed E-state index contributed by atoms with van der Waals surface area (Å²) in [5.74, 6) is -2.51. The Hall–Kier alpha value is -3.29. The highest BCUT2D eigenvalue weighted by atomic mass is 19.1. The van der Waals surface area contributed by atoms with Crippen molar-refractivity contribution in [1.82, 2.24) is 10.2 Å². The van der Waals surface area contributed by atoms with Crippen LogP contribution in [0.5, 0.6) is 0 Å². The van der Waals surface area contributed by atoms with Crippen molar-refractivity contribution in [2.45, 2.75) is 0 Å². The van der Waals surface area contributed by atoms with Crippen LogP contribution in [0, 0.1) is 11.6 Å². The van der Waals surface area contributed by atoms with Gasteiger partial charge < -0.3 is 10.6 Å². The molecule has 0 spiro atoms. The van der Waals surface area contributed by atoms with Crippen LogP contribution in [0.4, 0.5) is 19.3 Å². The minimum Gasteiger partial charge on any atom is -0.336 e. The highest BCUT2D eigenvalue weighted by Crippen LogP contribution is 2.21. The predicted molar refractivity (Wildman–Crippen MR) is 85.2 cm³/mol. The molecular weight excluding hydrogens is 332 g/mol. The van der Waals surface area contributed by atoms with Gasteiger partial charge in [-0.05, 0) is 24.3 Å². The van der Waals surface area contributed by atoms with Gasteiger partial charge in [0.1, 0.15) is 11.6 Å². The Labute approximate surface area is 141 Å². The molecule has 1 aliphatic rings. The fourth-order valence-corrected chi connectivity index (χ4v) is 2.48. The van der Waals surface area contributed by atoms with Gasteiger partial charge in [-0.15, -0.1) is 0 Å². The van der Waals surface area contributed by atoms with Crippen LogP contribution in [-0.2, 0) is 0 Å². The zero-order valence-electron chi connectivity index (χ0n) is 12.9. The number of hydrogen-bond acceptors (Lipinski definition) is 3. The Morgan fingerprint density at radius 2 is 1.64 bits per heavy atom. The monoisotopic (exact) mass is 345 g/mol. The number of hydrogen-bond donors (Lipinski definition) is 2. The minimum absolute atomic E-state index is 0.0138. The molecule has 0 fully saturated rings. The second-order valence-electron chi connectivity index (χ2n) is 5.31. The van der Waals surface area contributed by atoms with E-state index in [-0.39, 0.29) is 18.8 Å². The second-order valence-corrected chi connectivity index (χ2v) is 5.31. The van der Waals surface area contributed by atoms with Crippen molar-refractivity contribution in [2.75, 3.05) is 18.4 Å². The van der Waals surface area contributed by atoms with Crippen LogP contribution in [-0.4, -0.2) is 35.8 Å². The fourth-order valence-electron chi connectivity index (χ4n) is 2.48. The van der Waals surface area contributed by atoms with Crippen molar-refractivity contribution < 1.29 is 23.2 Å². The molecule has 0 aromatic heterocycles. The second kappa shape index (κ2) is 6.68. The summed E-state index contributed by atoms with van der Waals surface area (Å²) in [6.45, 7) is -0.0359. The van der Waals surface area contributed by atoms with E-state index in [0.717, 1.165) is 17.0 Å². The molecular formula is C17H13F2N3O3. The third-order valence-corrected chi connectivity index (χ3v) is 3.68. The number of nitrogens with zero attached hydrogens (tertiary/aromatic N) is 1. The van der Waals surface area contributed by atoms with E-state index in [4.69, 9.17) is 0 Å². The number of urea groups is 1. The average Bonchev–Trinajstić information content (AvgIpc) is 2.83. The fraction of sp³-hybridized carbons (Fsp3) is 0.118. The number of halogens is 2. The molecule has 0 radical (unpaired) electrons. The standard InChI is InChI=1S/C17H13F2N3O3/c18-10-5-6-14(13(19)9-10)21-17(25)20-7-8-22-15(23)11-3-1-2-4-12(11)16(22)24/h1-6,9H,7-8H2,(H2,20,21,25). The minimum atomic E-state index is -0.907. The molecule has 3 rings (SSSR count). The van der Waals surface area contributed by atoms with Gasteiger partial charge in [-0.2, -0.15) is 0 Å². The number of imide groups is 1. The number of carbonyl (C=O) groups excluding carboxylic acids is 3. The van der Waals surface area contributed by atoms with E-state index >= 15 is 0 Å². The topological polar surface area (TPSA) is 78.5 Å². The lowest BCUT2D eigenvalue weighted by Crippen LogP contribution is -2.39. The summed E-state index contributed by atoms with van der Waals surface area (Å²) in [7, 11) is 0. The van der Waals surface area contributed by atoms with Crippen molar-refractivity contribution >= 4 is 23.5 Å². The number of anilines is 1. The zero-order chi connectivity index (χ0) is 18.0. The maximum Gasteiger partial charge on any atom is 0.319 e. The molecule has 25 heavy (non-hydrogen) atoms. The van der Waals surface area contributed by atoms with Gasteiger partial charge in [0, 0.05) is 19.2 Å². The first-order valence-corrected chi connectivity index (χ1v) is 7.42. The molecule has 8 heteroatoms. The molecule has 1 aliphatic heterocycles. The number of fused-ring (bicyclic) bond motifs is 1. The maximum absolute atomic E-state index is 13.5. The van der Waals surface area contributed by atoms with E-state index in [0.29, 0.717) is 17.2 Å². The highest BCUT2D eigenvalue weighted by molar-refractivity contribution is 6.21. The maximum atomic E-state index is 13.5. The summed E-state index contributed by atoms with van der Waals surface area (Å²) in [6, 6.07) is 8.47. The molecule has 0 saturated heterocycles. The number of rotatable bonds is 4. The molecule has 1 heterocycles. The molecule has 0 bridgehead atoms. The molecule has 2 aromatic carbocycles. The van der Waals surface area contributed by atoms with Gasteiger partial charge in [0.05, 0.1) is 16.8 Å².